The predicted molar refractivity (Wildman–Crippen MR) is 88.8 cm³/mol. The van der Waals surface area contributed by atoms with Crippen LogP contribution in [0.3, 0.4) is 0 Å². The molecule has 0 saturated carbocycles. The first-order chi connectivity index (χ1) is 9.46. The summed E-state index contributed by atoms with van der Waals surface area (Å²) in [5.74, 6) is 0.460. The monoisotopic (exact) mass is 313 g/mol. The summed E-state index contributed by atoms with van der Waals surface area (Å²) in [6.07, 6.45) is 0. The van der Waals surface area contributed by atoms with Gasteiger partial charge >= 0.3 is 0 Å². The van der Waals surface area contributed by atoms with E-state index in [0.29, 0.717) is 11.6 Å². The zero-order valence-electron chi connectivity index (χ0n) is 13.8. The number of hydrogen-bond acceptors (Lipinski definition) is 4. The van der Waals surface area contributed by atoms with Crippen LogP contribution in [-0.4, -0.2) is 33.4 Å². The lowest BCUT2D eigenvalue weighted by atomic mass is 9.82. The highest BCUT2D eigenvalue weighted by atomic mass is 32.2. The Morgan fingerprint density at radius 3 is 2.29 bits per heavy atom. The van der Waals surface area contributed by atoms with E-state index < -0.39 is 10.0 Å². The summed E-state index contributed by atoms with van der Waals surface area (Å²) in [6, 6.07) is 4.80. The van der Waals surface area contributed by atoms with Crippen LogP contribution in [-0.2, 0) is 10.0 Å². The van der Waals surface area contributed by atoms with E-state index in [1.54, 1.807) is 12.1 Å². The van der Waals surface area contributed by atoms with Crippen LogP contribution in [0.2, 0.25) is 0 Å². The second-order valence-corrected chi connectivity index (χ2v) is 8.84. The normalized spacial score (nSPS) is 14.2. The van der Waals surface area contributed by atoms with Gasteiger partial charge in [0.2, 0.25) is 10.0 Å². The molecule has 0 aliphatic carbocycles. The maximum atomic E-state index is 12.0. The molecule has 0 bridgehead atoms. The van der Waals surface area contributed by atoms with E-state index in [2.05, 4.69) is 33.0 Å². The van der Waals surface area contributed by atoms with Gasteiger partial charge < -0.3 is 11.1 Å². The third kappa shape index (κ3) is 4.35. The molecule has 0 fully saturated rings. The summed E-state index contributed by atoms with van der Waals surface area (Å²) in [7, 11) is -0.440. The second kappa shape index (κ2) is 6.23. The van der Waals surface area contributed by atoms with Crippen molar-refractivity contribution in [2.75, 3.05) is 31.7 Å². The molecule has 6 heteroatoms. The Labute approximate surface area is 128 Å². The Hall–Kier alpha value is -1.27. The fraction of sp³-hybridized carbons (Fsp3) is 0.600. The third-order valence-electron chi connectivity index (χ3n) is 3.88. The molecule has 0 amide bonds. The van der Waals surface area contributed by atoms with Gasteiger partial charge in [0.25, 0.3) is 0 Å². The fourth-order valence-corrected chi connectivity index (χ4v) is 2.58. The number of anilines is 2. The van der Waals surface area contributed by atoms with Crippen LogP contribution in [0.1, 0.15) is 27.7 Å². The van der Waals surface area contributed by atoms with Crippen LogP contribution < -0.4 is 11.1 Å². The number of nitrogens with zero attached hydrogens (tertiary/aromatic N) is 1. The highest BCUT2D eigenvalue weighted by Crippen LogP contribution is 2.28. The van der Waals surface area contributed by atoms with Gasteiger partial charge in [0.15, 0.2) is 0 Å². The van der Waals surface area contributed by atoms with Crippen molar-refractivity contribution >= 4 is 21.4 Å². The largest absolute Gasteiger partial charge is 0.397 e. The quantitative estimate of drug-likeness (QED) is 0.819. The minimum atomic E-state index is -3.45. The summed E-state index contributed by atoms with van der Waals surface area (Å²) >= 11 is 0. The van der Waals surface area contributed by atoms with Crippen LogP contribution in [0.25, 0.3) is 0 Å². The Balaban J connectivity index is 2.90. The van der Waals surface area contributed by atoms with E-state index in [9.17, 15) is 8.42 Å². The van der Waals surface area contributed by atoms with Gasteiger partial charge in [0.1, 0.15) is 0 Å². The van der Waals surface area contributed by atoms with E-state index in [4.69, 9.17) is 5.73 Å². The van der Waals surface area contributed by atoms with Crippen LogP contribution in [0.15, 0.2) is 23.1 Å². The first-order valence-corrected chi connectivity index (χ1v) is 8.46. The van der Waals surface area contributed by atoms with Crippen molar-refractivity contribution in [2.24, 2.45) is 11.3 Å². The Kier molecular flexibility index (Phi) is 5.28. The molecule has 120 valence electrons. The van der Waals surface area contributed by atoms with Crippen molar-refractivity contribution in [1.29, 1.82) is 0 Å². The molecule has 1 aromatic rings. The maximum Gasteiger partial charge on any atom is 0.242 e. The Morgan fingerprint density at radius 2 is 1.86 bits per heavy atom. The lowest BCUT2D eigenvalue weighted by Crippen LogP contribution is -2.25. The van der Waals surface area contributed by atoms with Gasteiger partial charge in [-0.15, -0.1) is 0 Å². The summed E-state index contributed by atoms with van der Waals surface area (Å²) in [4.78, 5) is 0.208. The zero-order valence-corrected chi connectivity index (χ0v) is 14.6. The first-order valence-electron chi connectivity index (χ1n) is 7.02. The number of benzene rings is 1. The number of nitrogens with one attached hydrogen (secondary N) is 1. The minimum Gasteiger partial charge on any atom is -0.397 e. The molecular formula is C15H27N3O2S. The molecule has 0 heterocycles. The lowest BCUT2D eigenvalue weighted by molar-refractivity contribution is 0.274. The van der Waals surface area contributed by atoms with E-state index in [0.717, 1.165) is 12.2 Å². The van der Waals surface area contributed by atoms with Gasteiger partial charge in [-0.3, -0.25) is 0 Å². The van der Waals surface area contributed by atoms with Crippen molar-refractivity contribution in [3.63, 3.8) is 0 Å². The standard InChI is InChI=1S/C15H27N3O2S/c1-11(15(2,3)4)10-17-14-8-7-12(9-13(14)16)21(19,20)18(5)6/h7-9,11,17H,10,16H2,1-6H3. The van der Waals surface area contributed by atoms with Gasteiger partial charge in [-0.1, -0.05) is 27.7 Å². The number of sulfonamides is 1. The summed E-state index contributed by atoms with van der Waals surface area (Å²) in [5, 5.41) is 3.29. The van der Waals surface area contributed by atoms with Crippen LogP contribution >= 0.6 is 0 Å². The van der Waals surface area contributed by atoms with E-state index in [-0.39, 0.29) is 10.3 Å². The highest BCUT2D eigenvalue weighted by molar-refractivity contribution is 7.89. The molecule has 1 atom stereocenters. The number of nitrogens with two attached hydrogens (primary N) is 1. The van der Waals surface area contributed by atoms with Gasteiger partial charge in [-0.05, 0) is 29.5 Å². The SMILES string of the molecule is CC(CNc1ccc(S(=O)(=O)N(C)C)cc1N)C(C)(C)C. The second-order valence-electron chi connectivity index (χ2n) is 6.68. The van der Waals surface area contributed by atoms with Gasteiger partial charge in [-0.2, -0.15) is 0 Å². The maximum absolute atomic E-state index is 12.0. The molecule has 3 N–H and O–H groups in total. The number of rotatable bonds is 5. The molecule has 0 spiro atoms. The van der Waals surface area contributed by atoms with Crippen molar-refractivity contribution in [3.05, 3.63) is 18.2 Å². The smallest absolute Gasteiger partial charge is 0.242 e. The summed E-state index contributed by atoms with van der Waals surface area (Å²) < 4.78 is 25.3. The van der Waals surface area contributed by atoms with E-state index >= 15 is 0 Å². The fourth-order valence-electron chi connectivity index (χ4n) is 1.64. The molecule has 0 aliphatic rings. The highest BCUT2D eigenvalue weighted by Gasteiger charge is 2.21. The Morgan fingerprint density at radius 1 is 1.29 bits per heavy atom. The minimum absolute atomic E-state index is 0.204. The first kappa shape index (κ1) is 17.8. The molecule has 21 heavy (non-hydrogen) atoms. The summed E-state index contributed by atoms with van der Waals surface area (Å²) in [5.41, 5.74) is 7.38. The third-order valence-corrected chi connectivity index (χ3v) is 5.69. The molecule has 5 nitrogen and oxygen atoms in total. The van der Waals surface area contributed by atoms with Crippen molar-refractivity contribution in [3.8, 4) is 0 Å². The summed E-state index contributed by atoms with van der Waals surface area (Å²) in [6.45, 7) is 9.53. The van der Waals surface area contributed by atoms with Gasteiger partial charge in [-0.25, -0.2) is 12.7 Å². The number of nitrogen functional groups attached to an aromatic ring is 1. The molecule has 0 aromatic heterocycles. The molecule has 0 aliphatic heterocycles. The molecule has 0 radical (unpaired) electrons. The average molecular weight is 313 g/mol. The Bertz CT molecular complexity index is 589. The number of hydrogen-bond donors (Lipinski definition) is 2. The topological polar surface area (TPSA) is 75.4 Å². The van der Waals surface area contributed by atoms with Crippen molar-refractivity contribution in [1.82, 2.24) is 4.31 Å². The van der Waals surface area contributed by atoms with E-state index in [1.807, 2.05) is 0 Å². The molecular weight excluding hydrogens is 286 g/mol. The van der Waals surface area contributed by atoms with Crippen LogP contribution in [0.5, 0.6) is 0 Å². The molecule has 1 rings (SSSR count). The lowest BCUT2D eigenvalue weighted by Gasteiger charge is -2.28. The van der Waals surface area contributed by atoms with Gasteiger partial charge in [0.05, 0.1) is 16.3 Å². The van der Waals surface area contributed by atoms with Crippen molar-refractivity contribution < 1.29 is 8.42 Å². The molecule has 1 unspecified atom stereocenters. The van der Waals surface area contributed by atoms with Crippen LogP contribution in [0.4, 0.5) is 11.4 Å². The van der Waals surface area contributed by atoms with Crippen LogP contribution in [0, 0.1) is 11.3 Å². The zero-order chi connectivity index (χ0) is 16.4. The van der Waals surface area contributed by atoms with E-state index in [1.165, 1.54) is 24.5 Å². The van der Waals surface area contributed by atoms with Gasteiger partial charge in [0, 0.05) is 20.6 Å². The average Bonchev–Trinajstić information content (AvgIpc) is 2.35. The molecule has 0 saturated heterocycles. The molecule has 1 aromatic carbocycles. The van der Waals surface area contributed by atoms with Crippen molar-refractivity contribution in [2.45, 2.75) is 32.6 Å². The predicted octanol–water partition coefficient (Wildman–Crippen LogP) is 2.61.